The number of carbonyl (C=O) groups excluding carboxylic acids is 1. The molecule has 6 N–H and O–H groups in total. The Hall–Kier alpha value is -4.04. The summed E-state index contributed by atoms with van der Waals surface area (Å²) >= 11 is 1.24. The summed E-state index contributed by atoms with van der Waals surface area (Å²) in [5.41, 5.74) is 15.0. The molecule has 1 saturated heterocycles. The molecule has 6 heterocycles. The number of nitrogens with zero attached hydrogens (tertiary/aromatic N) is 2. The van der Waals surface area contributed by atoms with Crippen molar-refractivity contribution in [1.82, 2.24) is 19.9 Å². The number of hydrogen-bond acceptors (Lipinski definition) is 10. The molecule has 282 valence electrons. The van der Waals surface area contributed by atoms with E-state index in [2.05, 4.69) is 75.4 Å². The third kappa shape index (κ3) is 7.67. The fourth-order valence-electron chi connectivity index (χ4n) is 7.28. The van der Waals surface area contributed by atoms with Crippen LogP contribution in [-0.4, -0.2) is 95.1 Å². The van der Waals surface area contributed by atoms with E-state index in [1.165, 1.54) is 17.3 Å². The van der Waals surface area contributed by atoms with Gasteiger partial charge in [0.15, 0.2) is 0 Å². The molecule has 1 fully saturated rings. The topological polar surface area (TPSA) is 174 Å². The van der Waals surface area contributed by atoms with E-state index in [9.17, 15) is 25.2 Å². The number of hydrogen-bond donors (Lipinski definition) is 6. The van der Waals surface area contributed by atoms with Crippen LogP contribution >= 0.6 is 11.8 Å². The van der Waals surface area contributed by atoms with Crippen molar-refractivity contribution in [2.24, 2.45) is 0 Å². The zero-order valence-electron chi connectivity index (χ0n) is 31.2. The molecule has 0 amide bonds. The summed E-state index contributed by atoms with van der Waals surface area (Å²) in [6.45, 7) is 16.4. The zero-order chi connectivity index (χ0) is 38.1. The van der Waals surface area contributed by atoms with Gasteiger partial charge in [-0.05, 0) is 123 Å². The van der Waals surface area contributed by atoms with Gasteiger partial charge in [-0.3, -0.25) is 4.79 Å². The lowest BCUT2D eigenvalue weighted by molar-refractivity contribution is -0.205. The van der Waals surface area contributed by atoms with Gasteiger partial charge in [-0.15, -0.1) is 11.8 Å². The number of fused-ring (bicyclic) bond motifs is 8. The van der Waals surface area contributed by atoms with E-state index >= 15 is 0 Å². The largest absolute Gasteiger partial charge is 0.466 e. The molecule has 12 heteroatoms. The molecule has 5 atom stereocenters. The maximum Gasteiger partial charge on any atom is 0.306 e. The number of carbonyl (C=O) groups is 1. The standard InChI is InChI=1S/C41H50N4O7S/c1-8-25-22(5)31-18-34-26(9-2)21(4)30(43-34)17-32-23(6)27(37(45-32)24(7)29-15-20(3)28(42-29)16-33(25)44-31)11-12-36(47)51-13-10-14-53-41-40(50)39(49)38(48)35(19-46)52-41/h9,15-18,35,38-43,46,48-50H,2,8,10-14,19H2,1,3-7H3/t35-,38-,39+,40-,41+/m1/s1. The van der Waals surface area contributed by atoms with Gasteiger partial charge in [0, 0.05) is 34.1 Å². The average Bonchev–Trinajstić information content (AvgIpc) is 3.84. The Bertz CT molecular complexity index is 2150. The van der Waals surface area contributed by atoms with E-state index in [1.807, 2.05) is 13.0 Å². The minimum absolute atomic E-state index is 0.167. The fourth-order valence-corrected chi connectivity index (χ4v) is 8.38. The number of H-pyrrole nitrogens is 2. The summed E-state index contributed by atoms with van der Waals surface area (Å²) in [5, 5.41) is 39.7. The van der Waals surface area contributed by atoms with Crippen LogP contribution in [0.2, 0.25) is 0 Å². The Morgan fingerprint density at radius 2 is 1.55 bits per heavy atom. The molecular weight excluding hydrogens is 693 g/mol. The van der Waals surface area contributed by atoms with Crippen molar-refractivity contribution in [2.45, 2.75) is 97.1 Å². The van der Waals surface area contributed by atoms with Gasteiger partial charge >= 0.3 is 5.97 Å². The van der Waals surface area contributed by atoms with Crippen molar-refractivity contribution < 1.29 is 34.7 Å². The molecule has 0 aliphatic carbocycles. The van der Waals surface area contributed by atoms with Crippen molar-refractivity contribution >= 4 is 68.2 Å². The lowest BCUT2D eigenvalue weighted by Gasteiger charge is -2.39. The molecule has 0 spiro atoms. The molecule has 11 nitrogen and oxygen atoms in total. The van der Waals surface area contributed by atoms with Gasteiger partial charge in [0.25, 0.3) is 0 Å². The molecule has 0 unspecified atom stereocenters. The van der Waals surface area contributed by atoms with Crippen LogP contribution in [0.5, 0.6) is 0 Å². The molecule has 3 aromatic heterocycles. The highest BCUT2D eigenvalue weighted by Gasteiger charge is 2.43. The van der Waals surface area contributed by atoms with Gasteiger partial charge in [0.1, 0.15) is 29.9 Å². The van der Waals surface area contributed by atoms with Gasteiger partial charge < -0.3 is 39.9 Å². The number of aromatic nitrogens is 4. The molecule has 0 aromatic carbocycles. The highest BCUT2D eigenvalue weighted by Crippen LogP contribution is 2.38. The first kappa shape index (κ1) is 38.7. The Labute approximate surface area is 313 Å². The molecule has 0 radical (unpaired) electrons. The van der Waals surface area contributed by atoms with Crippen LogP contribution in [0, 0.1) is 20.8 Å². The molecule has 3 aliphatic rings. The Balaban J connectivity index is 1.27. The van der Waals surface area contributed by atoms with Crippen molar-refractivity contribution in [2.75, 3.05) is 19.0 Å². The SMILES string of the molecule is C=Cc1c(C)c2cc3nc(c(C)c4cc(C)c(cc5nc(cc1[nH]2)C(C)=C5CC)[nH]4)C(CCC(=O)OCCCS[C@@H]1O[C@H](CO)[C@@H](O)[C@H](O)[C@H]1O)=C3C. The van der Waals surface area contributed by atoms with Crippen molar-refractivity contribution in [3.63, 3.8) is 0 Å². The number of esters is 1. The molecule has 0 saturated carbocycles. The van der Waals surface area contributed by atoms with Gasteiger partial charge in [0.2, 0.25) is 0 Å². The molecule has 53 heavy (non-hydrogen) atoms. The van der Waals surface area contributed by atoms with Gasteiger partial charge in [-0.1, -0.05) is 19.6 Å². The quantitative estimate of drug-likeness (QED) is 0.0953. The van der Waals surface area contributed by atoms with E-state index in [0.29, 0.717) is 18.6 Å². The average molecular weight is 743 g/mol. The zero-order valence-corrected chi connectivity index (χ0v) is 32.1. The van der Waals surface area contributed by atoms with E-state index in [-0.39, 0.29) is 19.0 Å². The second-order valence-corrected chi connectivity index (χ2v) is 15.2. The van der Waals surface area contributed by atoms with Crippen LogP contribution in [0.3, 0.4) is 0 Å². The lowest BCUT2D eigenvalue weighted by Crippen LogP contribution is -2.57. The molecule has 3 aliphatic heterocycles. The van der Waals surface area contributed by atoms with Crippen LogP contribution in [0.15, 0.2) is 30.8 Å². The van der Waals surface area contributed by atoms with Crippen LogP contribution in [-0.2, 0) is 14.3 Å². The molecule has 3 aromatic rings. The van der Waals surface area contributed by atoms with Crippen LogP contribution in [0.25, 0.3) is 50.4 Å². The summed E-state index contributed by atoms with van der Waals surface area (Å²) < 4.78 is 11.1. The van der Waals surface area contributed by atoms with E-state index in [4.69, 9.17) is 19.4 Å². The van der Waals surface area contributed by atoms with E-state index in [0.717, 1.165) is 90.2 Å². The summed E-state index contributed by atoms with van der Waals surface area (Å²) in [4.78, 5) is 30.5. The summed E-state index contributed by atoms with van der Waals surface area (Å²) in [7, 11) is 0. The third-order valence-corrected chi connectivity index (χ3v) is 11.8. The minimum atomic E-state index is -1.42. The second kappa shape index (κ2) is 16.1. The Morgan fingerprint density at radius 3 is 2.26 bits per heavy atom. The number of allylic oxidation sites excluding steroid dienone is 4. The lowest BCUT2D eigenvalue weighted by atomic mass is 9.99. The van der Waals surface area contributed by atoms with E-state index in [1.54, 1.807) is 0 Å². The number of aliphatic hydroxyl groups excluding tert-OH is 4. The normalized spacial score (nSPS) is 21.7. The Kier molecular flexibility index (Phi) is 11.8. The highest BCUT2D eigenvalue weighted by atomic mass is 32.2. The maximum atomic E-state index is 13.0. The molecule has 6 rings (SSSR count). The van der Waals surface area contributed by atoms with Gasteiger partial charge in [-0.25, -0.2) is 9.97 Å². The number of nitrogens with one attached hydrogen (secondary N) is 2. The van der Waals surface area contributed by atoms with Crippen molar-refractivity contribution in [3.8, 4) is 0 Å². The van der Waals surface area contributed by atoms with Crippen molar-refractivity contribution in [3.05, 3.63) is 75.9 Å². The van der Waals surface area contributed by atoms with Crippen molar-refractivity contribution in [1.29, 1.82) is 0 Å². The first-order valence-corrected chi connectivity index (χ1v) is 19.2. The highest BCUT2D eigenvalue weighted by molar-refractivity contribution is 7.99. The monoisotopic (exact) mass is 742 g/mol. The first-order chi connectivity index (χ1) is 25.4. The maximum absolute atomic E-state index is 13.0. The predicted octanol–water partition coefficient (Wildman–Crippen LogP) is 6.40. The van der Waals surface area contributed by atoms with Gasteiger partial charge in [-0.2, -0.15) is 0 Å². The number of rotatable bonds is 11. The molecular formula is C41H50N4O7S. The first-order valence-electron chi connectivity index (χ1n) is 18.2. The number of aromatic amines is 2. The number of aliphatic hydroxyl groups is 4. The van der Waals surface area contributed by atoms with Crippen LogP contribution < -0.4 is 0 Å². The van der Waals surface area contributed by atoms with E-state index < -0.39 is 36.5 Å². The Morgan fingerprint density at radius 1 is 0.887 bits per heavy atom. The molecule has 8 bridgehead atoms. The number of aryl methyl sites for hydroxylation is 3. The smallest absolute Gasteiger partial charge is 0.306 e. The van der Waals surface area contributed by atoms with Gasteiger partial charge in [0.05, 0.1) is 36.0 Å². The number of ether oxygens (including phenoxy) is 2. The number of thioether (sulfide) groups is 1. The van der Waals surface area contributed by atoms with Crippen LogP contribution in [0.1, 0.15) is 91.5 Å². The fraction of sp³-hybridized carbons (Fsp3) is 0.439. The predicted molar refractivity (Wildman–Crippen MR) is 212 cm³/mol. The summed E-state index contributed by atoms with van der Waals surface area (Å²) in [6.07, 6.45) is -1.23. The minimum Gasteiger partial charge on any atom is -0.466 e. The second-order valence-electron chi connectivity index (χ2n) is 14.0. The summed E-state index contributed by atoms with van der Waals surface area (Å²) in [5.74, 6) is 0.144. The third-order valence-electron chi connectivity index (χ3n) is 10.6. The summed E-state index contributed by atoms with van der Waals surface area (Å²) in [6, 6.07) is 8.44. The van der Waals surface area contributed by atoms with Crippen LogP contribution in [0.4, 0.5) is 0 Å².